The van der Waals surface area contributed by atoms with Gasteiger partial charge in [-0.3, -0.25) is 9.52 Å². The maximum atomic E-state index is 12.5. The SMILES string of the molecule is C#CCNC(=O)c1cc(S(=O)(=O)Nc2ccc(C)cc2)ccc1C. The highest BCUT2D eigenvalue weighted by molar-refractivity contribution is 7.92. The zero-order valence-electron chi connectivity index (χ0n) is 13.5. The van der Waals surface area contributed by atoms with Gasteiger partial charge in [0.15, 0.2) is 0 Å². The summed E-state index contributed by atoms with van der Waals surface area (Å²) >= 11 is 0. The fraction of sp³-hybridized carbons (Fsp3) is 0.167. The molecule has 24 heavy (non-hydrogen) atoms. The zero-order valence-corrected chi connectivity index (χ0v) is 14.3. The number of terminal acetylenes is 1. The summed E-state index contributed by atoms with van der Waals surface area (Å²) in [6, 6.07) is 11.4. The van der Waals surface area contributed by atoms with Crippen LogP contribution in [0.5, 0.6) is 0 Å². The second kappa shape index (κ2) is 7.20. The van der Waals surface area contributed by atoms with Gasteiger partial charge in [0, 0.05) is 11.3 Å². The number of amides is 1. The zero-order chi connectivity index (χ0) is 17.7. The monoisotopic (exact) mass is 342 g/mol. The molecule has 0 bridgehead atoms. The van der Waals surface area contributed by atoms with Gasteiger partial charge >= 0.3 is 0 Å². The standard InChI is InChI=1S/C18H18N2O3S/c1-4-11-19-18(21)17-12-16(10-7-14(17)3)24(22,23)20-15-8-5-13(2)6-9-15/h1,5-10,12,20H,11H2,2-3H3,(H,19,21). The van der Waals surface area contributed by atoms with Crippen molar-refractivity contribution in [1.82, 2.24) is 5.32 Å². The molecule has 0 saturated carbocycles. The lowest BCUT2D eigenvalue weighted by atomic mass is 10.1. The van der Waals surface area contributed by atoms with Crippen LogP contribution in [0.4, 0.5) is 5.69 Å². The Balaban J connectivity index is 2.32. The quantitative estimate of drug-likeness (QED) is 0.820. The van der Waals surface area contributed by atoms with E-state index in [9.17, 15) is 13.2 Å². The van der Waals surface area contributed by atoms with Crippen LogP contribution >= 0.6 is 0 Å². The molecule has 0 heterocycles. The van der Waals surface area contributed by atoms with Gasteiger partial charge in [0.1, 0.15) is 0 Å². The van der Waals surface area contributed by atoms with Gasteiger partial charge in [-0.05, 0) is 43.7 Å². The molecule has 0 atom stereocenters. The van der Waals surface area contributed by atoms with Crippen molar-refractivity contribution in [3.05, 3.63) is 59.2 Å². The first-order valence-corrected chi connectivity index (χ1v) is 8.73. The Bertz CT molecular complexity index is 895. The molecule has 5 nitrogen and oxygen atoms in total. The van der Waals surface area contributed by atoms with Crippen molar-refractivity contribution in [3.63, 3.8) is 0 Å². The van der Waals surface area contributed by atoms with Crippen molar-refractivity contribution in [3.8, 4) is 12.3 Å². The van der Waals surface area contributed by atoms with Gasteiger partial charge in [0.25, 0.3) is 15.9 Å². The Labute approximate surface area is 142 Å². The normalized spacial score (nSPS) is 10.7. The average molecular weight is 342 g/mol. The summed E-state index contributed by atoms with van der Waals surface area (Å²) in [4.78, 5) is 12.1. The minimum atomic E-state index is -3.79. The summed E-state index contributed by atoms with van der Waals surface area (Å²) in [7, 11) is -3.79. The molecule has 2 rings (SSSR count). The fourth-order valence-electron chi connectivity index (χ4n) is 2.08. The van der Waals surface area contributed by atoms with Crippen LogP contribution in [0.15, 0.2) is 47.4 Å². The maximum absolute atomic E-state index is 12.5. The molecule has 1 amide bonds. The predicted octanol–water partition coefficient (Wildman–Crippen LogP) is 2.47. The Morgan fingerprint density at radius 3 is 2.42 bits per heavy atom. The molecule has 0 saturated heterocycles. The summed E-state index contributed by atoms with van der Waals surface area (Å²) in [5.74, 6) is 1.90. The Morgan fingerprint density at radius 2 is 1.79 bits per heavy atom. The van der Waals surface area contributed by atoms with Gasteiger partial charge < -0.3 is 5.32 Å². The van der Waals surface area contributed by atoms with E-state index in [0.29, 0.717) is 11.3 Å². The lowest BCUT2D eigenvalue weighted by Crippen LogP contribution is -2.25. The van der Waals surface area contributed by atoms with Gasteiger partial charge in [-0.1, -0.05) is 29.7 Å². The second-order valence-corrected chi connectivity index (χ2v) is 7.02. The number of aryl methyl sites for hydroxylation is 2. The third kappa shape index (κ3) is 4.15. The van der Waals surface area contributed by atoms with E-state index < -0.39 is 15.9 Å². The second-order valence-electron chi connectivity index (χ2n) is 5.34. The number of hydrogen-bond donors (Lipinski definition) is 2. The first-order valence-electron chi connectivity index (χ1n) is 7.25. The largest absolute Gasteiger partial charge is 0.341 e. The van der Waals surface area contributed by atoms with E-state index in [4.69, 9.17) is 6.42 Å². The van der Waals surface area contributed by atoms with E-state index in [-0.39, 0.29) is 17.0 Å². The number of anilines is 1. The number of carbonyl (C=O) groups is 1. The Kier molecular flexibility index (Phi) is 5.27. The van der Waals surface area contributed by atoms with Crippen LogP contribution in [-0.2, 0) is 10.0 Å². The third-order valence-corrected chi connectivity index (χ3v) is 4.80. The number of rotatable bonds is 5. The molecule has 0 aliphatic carbocycles. The maximum Gasteiger partial charge on any atom is 0.261 e. The van der Waals surface area contributed by atoms with E-state index in [0.717, 1.165) is 5.56 Å². The molecule has 6 heteroatoms. The molecule has 124 valence electrons. The highest BCUT2D eigenvalue weighted by atomic mass is 32.2. The summed E-state index contributed by atoms with van der Waals surface area (Å²) in [5.41, 5.74) is 2.43. The lowest BCUT2D eigenvalue weighted by molar-refractivity contribution is 0.0958. The number of carbonyl (C=O) groups excluding carboxylic acids is 1. The van der Waals surface area contributed by atoms with Gasteiger partial charge in [-0.2, -0.15) is 0 Å². The van der Waals surface area contributed by atoms with Gasteiger partial charge in [0.2, 0.25) is 0 Å². The molecule has 2 aromatic carbocycles. The van der Waals surface area contributed by atoms with Crippen LogP contribution in [0.3, 0.4) is 0 Å². The molecule has 2 aromatic rings. The molecule has 0 aliphatic rings. The average Bonchev–Trinajstić information content (AvgIpc) is 2.54. The number of sulfonamides is 1. The van der Waals surface area contributed by atoms with E-state index >= 15 is 0 Å². The van der Waals surface area contributed by atoms with E-state index in [2.05, 4.69) is 16.0 Å². The van der Waals surface area contributed by atoms with Crippen LogP contribution in [0, 0.1) is 26.2 Å². The molecule has 0 aliphatic heterocycles. The van der Waals surface area contributed by atoms with Crippen LogP contribution in [0.2, 0.25) is 0 Å². The van der Waals surface area contributed by atoms with Gasteiger partial charge in [-0.25, -0.2) is 8.42 Å². The lowest BCUT2D eigenvalue weighted by Gasteiger charge is -2.11. The Morgan fingerprint density at radius 1 is 1.12 bits per heavy atom. The topological polar surface area (TPSA) is 75.3 Å². The molecule has 0 radical (unpaired) electrons. The predicted molar refractivity (Wildman–Crippen MR) is 94.3 cm³/mol. The first-order chi connectivity index (χ1) is 11.3. The number of hydrogen-bond acceptors (Lipinski definition) is 3. The highest BCUT2D eigenvalue weighted by Gasteiger charge is 2.18. The van der Waals surface area contributed by atoms with Crippen molar-refractivity contribution in [2.24, 2.45) is 0 Å². The van der Waals surface area contributed by atoms with Gasteiger partial charge in [0.05, 0.1) is 11.4 Å². The van der Waals surface area contributed by atoms with Crippen LogP contribution in [-0.4, -0.2) is 20.9 Å². The van der Waals surface area contributed by atoms with Crippen molar-refractivity contribution < 1.29 is 13.2 Å². The van der Waals surface area contributed by atoms with E-state index in [1.165, 1.54) is 12.1 Å². The van der Waals surface area contributed by atoms with Crippen LogP contribution in [0.25, 0.3) is 0 Å². The molecule has 0 aromatic heterocycles. The molecule has 0 fully saturated rings. The molecule has 2 N–H and O–H groups in total. The minimum Gasteiger partial charge on any atom is -0.341 e. The molecule has 0 unspecified atom stereocenters. The van der Waals surface area contributed by atoms with Crippen molar-refractivity contribution in [1.29, 1.82) is 0 Å². The summed E-state index contributed by atoms with van der Waals surface area (Å²) < 4.78 is 27.5. The summed E-state index contributed by atoms with van der Waals surface area (Å²) in [6.45, 7) is 3.73. The van der Waals surface area contributed by atoms with E-state index in [1.54, 1.807) is 25.1 Å². The van der Waals surface area contributed by atoms with Crippen molar-refractivity contribution >= 4 is 21.6 Å². The summed E-state index contributed by atoms with van der Waals surface area (Å²) in [5, 5.41) is 2.53. The third-order valence-electron chi connectivity index (χ3n) is 3.42. The van der Waals surface area contributed by atoms with Crippen LogP contribution in [0.1, 0.15) is 21.5 Å². The smallest absolute Gasteiger partial charge is 0.261 e. The number of nitrogens with one attached hydrogen (secondary N) is 2. The molecule has 0 spiro atoms. The number of benzene rings is 2. The molecular formula is C18H18N2O3S. The van der Waals surface area contributed by atoms with Crippen LogP contribution < -0.4 is 10.0 Å². The Hall–Kier alpha value is -2.78. The van der Waals surface area contributed by atoms with E-state index in [1.807, 2.05) is 19.1 Å². The van der Waals surface area contributed by atoms with Crippen molar-refractivity contribution in [2.45, 2.75) is 18.7 Å². The van der Waals surface area contributed by atoms with Crippen molar-refractivity contribution in [2.75, 3.05) is 11.3 Å². The first kappa shape index (κ1) is 17.6. The van der Waals surface area contributed by atoms with Gasteiger partial charge in [-0.15, -0.1) is 6.42 Å². The highest BCUT2D eigenvalue weighted by Crippen LogP contribution is 2.19. The fourth-order valence-corrected chi connectivity index (χ4v) is 3.16. The summed E-state index contributed by atoms with van der Waals surface area (Å²) in [6.07, 6.45) is 5.12. The minimum absolute atomic E-state index is 0.0135. The molecular weight excluding hydrogens is 324 g/mol.